The molecule has 0 N–H and O–H groups in total. The molecule has 1 aromatic heterocycles. The van der Waals surface area contributed by atoms with Gasteiger partial charge in [0.05, 0.1) is 18.5 Å². The molecule has 5 nitrogen and oxygen atoms in total. The summed E-state index contributed by atoms with van der Waals surface area (Å²) in [6.07, 6.45) is 2.38. The Bertz CT molecular complexity index is 445. The van der Waals surface area contributed by atoms with Crippen molar-refractivity contribution in [2.45, 2.75) is 33.2 Å². The number of amides is 1. The Kier molecular flexibility index (Phi) is 4.82. The molecule has 1 aliphatic heterocycles. The van der Waals surface area contributed by atoms with Crippen LogP contribution in [-0.4, -0.2) is 48.1 Å². The van der Waals surface area contributed by atoms with Crippen LogP contribution >= 0.6 is 0 Å². The summed E-state index contributed by atoms with van der Waals surface area (Å²) in [6.45, 7) is 9.05. The monoisotopic (exact) mass is 277 g/mol. The van der Waals surface area contributed by atoms with E-state index in [9.17, 15) is 4.79 Å². The molecule has 110 valence electrons. The molecule has 1 saturated heterocycles. The third-order valence-electron chi connectivity index (χ3n) is 3.53. The summed E-state index contributed by atoms with van der Waals surface area (Å²) in [5, 5.41) is 0. The minimum Gasteiger partial charge on any atom is -0.478 e. The topological polar surface area (TPSA) is 45.7 Å². The Morgan fingerprint density at radius 3 is 2.70 bits per heavy atom. The molecule has 0 radical (unpaired) electrons. The molecule has 1 fully saturated rings. The van der Waals surface area contributed by atoms with Gasteiger partial charge in [0.1, 0.15) is 0 Å². The second kappa shape index (κ2) is 6.59. The quantitative estimate of drug-likeness (QED) is 0.843. The number of hydrogen-bond acceptors (Lipinski definition) is 4. The molecule has 1 aromatic rings. The molecule has 2 heterocycles. The van der Waals surface area contributed by atoms with E-state index in [1.165, 1.54) is 0 Å². The van der Waals surface area contributed by atoms with Crippen LogP contribution in [0.25, 0.3) is 0 Å². The van der Waals surface area contributed by atoms with Gasteiger partial charge in [-0.25, -0.2) is 4.98 Å². The van der Waals surface area contributed by atoms with Crippen molar-refractivity contribution in [2.75, 3.05) is 31.1 Å². The number of rotatable bonds is 4. The van der Waals surface area contributed by atoms with Gasteiger partial charge in [0.15, 0.2) is 0 Å². The first kappa shape index (κ1) is 14.6. The molecule has 5 heteroatoms. The fourth-order valence-electron chi connectivity index (χ4n) is 2.44. The first-order valence-corrected chi connectivity index (χ1v) is 7.25. The molecule has 0 aliphatic carbocycles. The average Bonchev–Trinajstić information content (AvgIpc) is 2.62. The summed E-state index contributed by atoms with van der Waals surface area (Å²) in [7, 11) is 0. The van der Waals surface area contributed by atoms with Crippen molar-refractivity contribution in [2.24, 2.45) is 0 Å². The molecular weight excluding hydrogens is 254 g/mol. The van der Waals surface area contributed by atoms with Crippen LogP contribution in [0, 0.1) is 0 Å². The fraction of sp³-hybridized carbons (Fsp3) is 0.600. The standard InChI is InChI=1S/C15H23N3O2/c1-4-20-14-6-5-13(11-16-14)17-8-7-15(19)18(10-9-17)12(2)3/h5-6,11-12H,4,7-10H2,1-3H3. The number of ether oxygens (including phenoxy) is 1. The van der Waals surface area contributed by atoms with Crippen LogP contribution in [0.1, 0.15) is 27.2 Å². The lowest BCUT2D eigenvalue weighted by atomic mass is 10.3. The van der Waals surface area contributed by atoms with E-state index >= 15 is 0 Å². The van der Waals surface area contributed by atoms with Crippen molar-refractivity contribution in [1.82, 2.24) is 9.88 Å². The van der Waals surface area contributed by atoms with Crippen LogP contribution in [0.5, 0.6) is 5.88 Å². The number of nitrogens with zero attached hydrogens (tertiary/aromatic N) is 3. The van der Waals surface area contributed by atoms with E-state index in [-0.39, 0.29) is 11.9 Å². The second-order valence-corrected chi connectivity index (χ2v) is 5.21. The van der Waals surface area contributed by atoms with E-state index in [1.807, 2.05) is 30.2 Å². The first-order valence-electron chi connectivity index (χ1n) is 7.25. The zero-order valence-corrected chi connectivity index (χ0v) is 12.5. The third kappa shape index (κ3) is 3.40. The number of pyridine rings is 1. The van der Waals surface area contributed by atoms with Crippen molar-refractivity contribution >= 4 is 11.6 Å². The minimum absolute atomic E-state index is 0.237. The summed E-state index contributed by atoms with van der Waals surface area (Å²) in [5.74, 6) is 0.882. The maximum absolute atomic E-state index is 12.0. The molecule has 20 heavy (non-hydrogen) atoms. The van der Waals surface area contributed by atoms with Gasteiger partial charge < -0.3 is 14.5 Å². The fourth-order valence-corrected chi connectivity index (χ4v) is 2.44. The van der Waals surface area contributed by atoms with Gasteiger partial charge in [0.25, 0.3) is 0 Å². The Hall–Kier alpha value is -1.78. The van der Waals surface area contributed by atoms with E-state index in [1.54, 1.807) is 0 Å². The summed E-state index contributed by atoms with van der Waals surface area (Å²) in [5.41, 5.74) is 1.05. The van der Waals surface area contributed by atoms with Gasteiger partial charge in [0.2, 0.25) is 11.8 Å². The molecule has 0 spiro atoms. The normalized spacial score (nSPS) is 16.5. The predicted octanol–water partition coefficient (Wildman–Crippen LogP) is 1.93. The van der Waals surface area contributed by atoms with Gasteiger partial charge in [-0.3, -0.25) is 4.79 Å². The van der Waals surface area contributed by atoms with Crippen molar-refractivity contribution in [3.63, 3.8) is 0 Å². The Morgan fingerprint density at radius 1 is 1.30 bits per heavy atom. The number of carbonyl (C=O) groups excluding carboxylic acids is 1. The van der Waals surface area contributed by atoms with E-state index in [2.05, 4.69) is 23.7 Å². The maximum atomic E-state index is 12.0. The number of hydrogen-bond donors (Lipinski definition) is 0. The van der Waals surface area contributed by atoms with Gasteiger partial charge in [-0.15, -0.1) is 0 Å². The highest BCUT2D eigenvalue weighted by atomic mass is 16.5. The second-order valence-electron chi connectivity index (χ2n) is 5.21. The van der Waals surface area contributed by atoms with E-state index in [4.69, 9.17) is 4.74 Å². The van der Waals surface area contributed by atoms with Gasteiger partial charge in [0, 0.05) is 38.2 Å². The van der Waals surface area contributed by atoms with Crippen molar-refractivity contribution in [1.29, 1.82) is 0 Å². The number of carbonyl (C=O) groups is 1. The number of aromatic nitrogens is 1. The van der Waals surface area contributed by atoms with Gasteiger partial charge in [-0.1, -0.05) is 0 Å². The van der Waals surface area contributed by atoms with Gasteiger partial charge in [-0.2, -0.15) is 0 Å². The zero-order chi connectivity index (χ0) is 14.5. The van der Waals surface area contributed by atoms with Crippen molar-refractivity contribution in [3.8, 4) is 5.88 Å². The lowest BCUT2D eigenvalue weighted by Gasteiger charge is -2.26. The number of anilines is 1. The molecule has 1 aliphatic rings. The van der Waals surface area contributed by atoms with Crippen molar-refractivity contribution in [3.05, 3.63) is 18.3 Å². The summed E-state index contributed by atoms with van der Waals surface area (Å²) < 4.78 is 5.35. The van der Waals surface area contributed by atoms with Crippen LogP contribution < -0.4 is 9.64 Å². The summed E-state index contributed by atoms with van der Waals surface area (Å²) >= 11 is 0. The summed E-state index contributed by atoms with van der Waals surface area (Å²) in [6, 6.07) is 4.15. The van der Waals surface area contributed by atoms with Crippen molar-refractivity contribution < 1.29 is 9.53 Å². The lowest BCUT2D eigenvalue weighted by Crippen LogP contribution is -2.38. The van der Waals surface area contributed by atoms with Crippen LogP contribution in [0.4, 0.5) is 5.69 Å². The predicted molar refractivity (Wildman–Crippen MR) is 79.1 cm³/mol. The van der Waals surface area contributed by atoms with Crippen LogP contribution in [0.15, 0.2) is 18.3 Å². The smallest absolute Gasteiger partial charge is 0.224 e. The average molecular weight is 277 g/mol. The Morgan fingerprint density at radius 2 is 2.10 bits per heavy atom. The van der Waals surface area contributed by atoms with Crippen LogP contribution in [-0.2, 0) is 4.79 Å². The van der Waals surface area contributed by atoms with Gasteiger partial charge in [-0.05, 0) is 26.8 Å². The van der Waals surface area contributed by atoms with Gasteiger partial charge >= 0.3 is 0 Å². The molecule has 0 saturated carbocycles. The Labute approximate surface area is 120 Å². The SMILES string of the molecule is CCOc1ccc(N2CCC(=O)N(C(C)C)CC2)cn1. The highest BCUT2D eigenvalue weighted by molar-refractivity contribution is 5.77. The maximum Gasteiger partial charge on any atom is 0.224 e. The van der Waals surface area contributed by atoms with E-state index < -0.39 is 0 Å². The third-order valence-corrected chi connectivity index (χ3v) is 3.53. The molecule has 0 aromatic carbocycles. The molecular formula is C15H23N3O2. The highest BCUT2D eigenvalue weighted by Crippen LogP contribution is 2.19. The van der Waals surface area contributed by atoms with Crippen LogP contribution in [0.2, 0.25) is 0 Å². The largest absolute Gasteiger partial charge is 0.478 e. The zero-order valence-electron chi connectivity index (χ0n) is 12.5. The molecule has 0 atom stereocenters. The molecule has 1 amide bonds. The lowest BCUT2D eigenvalue weighted by molar-refractivity contribution is -0.131. The minimum atomic E-state index is 0.237. The summed E-state index contributed by atoms with van der Waals surface area (Å²) in [4.78, 5) is 20.5. The van der Waals surface area contributed by atoms with E-state index in [0.29, 0.717) is 18.9 Å². The molecule has 0 bridgehead atoms. The van der Waals surface area contributed by atoms with E-state index in [0.717, 1.165) is 25.3 Å². The first-order chi connectivity index (χ1) is 9.61. The Balaban J connectivity index is 2.04. The molecule has 0 unspecified atom stereocenters. The molecule has 2 rings (SSSR count). The van der Waals surface area contributed by atoms with Crippen LogP contribution in [0.3, 0.4) is 0 Å². The highest BCUT2D eigenvalue weighted by Gasteiger charge is 2.22.